The Morgan fingerprint density at radius 1 is 1.20 bits per heavy atom. The van der Waals surface area contributed by atoms with E-state index in [1.165, 1.54) is 18.2 Å². The van der Waals surface area contributed by atoms with Crippen molar-refractivity contribution < 1.29 is 13.7 Å². The Labute approximate surface area is 117 Å². The van der Waals surface area contributed by atoms with E-state index in [1.54, 1.807) is 0 Å². The maximum absolute atomic E-state index is 13.7. The molecule has 0 radical (unpaired) electrons. The van der Waals surface area contributed by atoms with Gasteiger partial charge in [-0.2, -0.15) is 0 Å². The highest BCUT2D eigenvalue weighted by atomic mass is 35.5. The van der Waals surface area contributed by atoms with Crippen LogP contribution >= 0.6 is 11.6 Å². The largest absolute Gasteiger partial charge is 0.399 e. The molecule has 0 heterocycles. The van der Waals surface area contributed by atoms with Crippen molar-refractivity contribution in [2.24, 2.45) is 0 Å². The topological polar surface area (TPSA) is 81.2 Å². The zero-order valence-corrected chi connectivity index (χ0v) is 10.6. The summed E-state index contributed by atoms with van der Waals surface area (Å²) in [6, 6.07) is 5.61. The number of nitrogen functional groups attached to an aromatic ring is 1. The number of nitrogens with two attached hydrogens (primary N) is 1. The summed E-state index contributed by atoms with van der Waals surface area (Å²) in [4.78, 5) is 9.60. The van der Waals surface area contributed by atoms with Crippen LogP contribution in [0, 0.1) is 21.7 Å². The van der Waals surface area contributed by atoms with Crippen molar-refractivity contribution in [3.05, 3.63) is 57.1 Å². The second-order valence-corrected chi connectivity index (χ2v) is 4.31. The number of rotatable bonds is 3. The van der Waals surface area contributed by atoms with Crippen LogP contribution in [-0.2, 0) is 0 Å². The molecule has 104 valence electrons. The molecule has 0 atom stereocenters. The van der Waals surface area contributed by atoms with Crippen LogP contribution in [-0.4, -0.2) is 4.92 Å². The van der Waals surface area contributed by atoms with Crippen LogP contribution in [0.1, 0.15) is 0 Å². The molecule has 0 spiro atoms. The van der Waals surface area contributed by atoms with Crippen LogP contribution in [0.5, 0.6) is 0 Å². The Morgan fingerprint density at radius 3 is 2.35 bits per heavy atom. The van der Waals surface area contributed by atoms with Gasteiger partial charge in [0.25, 0.3) is 5.69 Å². The van der Waals surface area contributed by atoms with Gasteiger partial charge >= 0.3 is 0 Å². The fourth-order valence-corrected chi connectivity index (χ4v) is 1.72. The quantitative estimate of drug-likeness (QED) is 0.512. The summed E-state index contributed by atoms with van der Waals surface area (Å²) < 4.78 is 27.4. The molecule has 0 aromatic heterocycles. The highest BCUT2D eigenvalue weighted by molar-refractivity contribution is 6.33. The van der Waals surface area contributed by atoms with Crippen molar-refractivity contribution >= 4 is 34.4 Å². The summed E-state index contributed by atoms with van der Waals surface area (Å²) >= 11 is 5.86. The number of hydrogen-bond acceptors (Lipinski definition) is 4. The van der Waals surface area contributed by atoms with Crippen LogP contribution < -0.4 is 11.1 Å². The lowest BCUT2D eigenvalue weighted by Gasteiger charge is -2.11. The lowest BCUT2D eigenvalue weighted by Crippen LogP contribution is -2.01. The molecule has 2 aromatic carbocycles. The molecule has 0 aliphatic carbocycles. The van der Waals surface area contributed by atoms with E-state index in [2.05, 4.69) is 5.32 Å². The first kappa shape index (κ1) is 14.0. The number of hydrogen-bond donors (Lipinski definition) is 2. The lowest BCUT2D eigenvalue weighted by atomic mass is 10.2. The van der Waals surface area contributed by atoms with Gasteiger partial charge in [0.1, 0.15) is 5.69 Å². The highest BCUT2D eigenvalue weighted by Gasteiger charge is 2.17. The second kappa shape index (κ2) is 5.30. The number of nitro benzene ring substituents is 1. The molecule has 0 saturated carbocycles. The second-order valence-electron chi connectivity index (χ2n) is 3.91. The fourth-order valence-electron chi connectivity index (χ4n) is 1.56. The molecule has 3 N–H and O–H groups in total. The molecule has 0 unspecified atom stereocenters. The van der Waals surface area contributed by atoms with E-state index >= 15 is 0 Å². The number of nitrogens with one attached hydrogen (secondary N) is 1. The average molecular weight is 300 g/mol. The van der Waals surface area contributed by atoms with Gasteiger partial charge < -0.3 is 11.1 Å². The highest BCUT2D eigenvalue weighted by Crippen LogP contribution is 2.31. The van der Waals surface area contributed by atoms with E-state index in [4.69, 9.17) is 17.3 Å². The van der Waals surface area contributed by atoms with Crippen LogP contribution in [0.15, 0.2) is 30.3 Å². The van der Waals surface area contributed by atoms with Gasteiger partial charge in [0.15, 0.2) is 11.6 Å². The third kappa shape index (κ3) is 2.77. The first-order valence-corrected chi connectivity index (χ1v) is 5.72. The van der Waals surface area contributed by atoms with Gasteiger partial charge in [-0.1, -0.05) is 11.6 Å². The van der Waals surface area contributed by atoms with Crippen LogP contribution in [0.25, 0.3) is 0 Å². The van der Waals surface area contributed by atoms with Crippen molar-refractivity contribution in [2.45, 2.75) is 0 Å². The lowest BCUT2D eigenvalue weighted by molar-refractivity contribution is -0.385. The average Bonchev–Trinajstić information content (AvgIpc) is 2.37. The molecule has 2 aromatic rings. The minimum Gasteiger partial charge on any atom is -0.399 e. The van der Waals surface area contributed by atoms with E-state index in [0.717, 1.165) is 0 Å². The van der Waals surface area contributed by atoms with E-state index < -0.39 is 27.9 Å². The number of nitro groups is 1. The molecule has 0 aliphatic heterocycles. The van der Waals surface area contributed by atoms with E-state index in [1.807, 2.05) is 0 Å². The maximum Gasteiger partial charge on any atom is 0.275 e. The number of anilines is 3. The Morgan fingerprint density at radius 2 is 1.80 bits per heavy atom. The Bertz CT molecular complexity index is 671. The Hall–Kier alpha value is -2.41. The Kier molecular flexibility index (Phi) is 3.71. The third-order valence-electron chi connectivity index (χ3n) is 2.49. The van der Waals surface area contributed by atoms with E-state index in [9.17, 15) is 18.9 Å². The molecule has 2 rings (SSSR count). The van der Waals surface area contributed by atoms with Crippen molar-refractivity contribution in [3.8, 4) is 0 Å². The third-order valence-corrected chi connectivity index (χ3v) is 2.82. The predicted molar refractivity (Wildman–Crippen MR) is 72.2 cm³/mol. The summed E-state index contributed by atoms with van der Waals surface area (Å²) in [5.74, 6) is -2.20. The van der Waals surface area contributed by atoms with Gasteiger partial charge in [0, 0.05) is 5.69 Å². The van der Waals surface area contributed by atoms with Crippen molar-refractivity contribution in [1.82, 2.24) is 0 Å². The summed E-state index contributed by atoms with van der Waals surface area (Å²) in [6.07, 6.45) is 0. The summed E-state index contributed by atoms with van der Waals surface area (Å²) in [5, 5.41) is 13.1. The SMILES string of the molecule is Nc1ccc(Cl)c(Nc2c(F)cc([N+](=O)[O-])cc2F)c1. The van der Waals surface area contributed by atoms with Crippen LogP contribution in [0.2, 0.25) is 5.02 Å². The van der Waals surface area contributed by atoms with Gasteiger partial charge in [0.05, 0.1) is 27.8 Å². The normalized spacial score (nSPS) is 10.3. The zero-order valence-electron chi connectivity index (χ0n) is 9.86. The molecular weight excluding hydrogens is 292 g/mol. The molecule has 0 aliphatic rings. The summed E-state index contributed by atoms with van der Waals surface area (Å²) in [5.41, 5.74) is 4.87. The standard InChI is InChI=1S/C12H8ClF2N3O2/c13-8-2-1-6(16)3-11(8)17-12-9(14)4-7(18(19)20)5-10(12)15/h1-5,17H,16H2. The monoisotopic (exact) mass is 299 g/mol. The summed E-state index contributed by atoms with van der Waals surface area (Å²) in [7, 11) is 0. The number of halogens is 3. The molecule has 0 bridgehead atoms. The maximum atomic E-state index is 13.7. The van der Waals surface area contributed by atoms with Crippen molar-refractivity contribution in [3.63, 3.8) is 0 Å². The predicted octanol–water partition coefficient (Wildman–Crippen LogP) is 3.85. The van der Waals surface area contributed by atoms with E-state index in [0.29, 0.717) is 17.8 Å². The molecule has 8 heteroatoms. The molecule has 0 amide bonds. The number of benzene rings is 2. The van der Waals surface area contributed by atoms with E-state index in [-0.39, 0.29) is 10.7 Å². The molecule has 5 nitrogen and oxygen atoms in total. The van der Waals surface area contributed by atoms with Crippen LogP contribution in [0.4, 0.5) is 31.5 Å². The molecule has 0 saturated heterocycles. The first-order chi connectivity index (χ1) is 9.38. The van der Waals surface area contributed by atoms with Gasteiger partial charge in [-0.15, -0.1) is 0 Å². The minimum absolute atomic E-state index is 0.193. The molecular formula is C12H8ClF2N3O2. The smallest absolute Gasteiger partial charge is 0.275 e. The molecule has 20 heavy (non-hydrogen) atoms. The van der Waals surface area contributed by atoms with Crippen molar-refractivity contribution in [1.29, 1.82) is 0 Å². The summed E-state index contributed by atoms with van der Waals surface area (Å²) in [6.45, 7) is 0. The van der Waals surface area contributed by atoms with Gasteiger partial charge in [0.2, 0.25) is 0 Å². The van der Waals surface area contributed by atoms with Gasteiger partial charge in [-0.05, 0) is 18.2 Å². The number of nitrogens with zero attached hydrogens (tertiary/aromatic N) is 1. The first-order valence-electron chi connectivity index (χ1n) is 5.34. The fraction of sp³-hybridized carbons (Fsp3) is 0. The minimum atomic E-state index is -1.10. The Balaban J connectivity index is 2.44. The van der Waals surface area contributed by atoms with Crippen molar-refractivity contribution in [2.75, 3.05) is 11.1 Å². The zero-order chi connectivity index (χ0) is 14.9. The number of non-ortho nitro benzene ring substituents is 1. The van der Waals surface area contributed by atoms with Crippen LogP contribution in [0.3, 0.4) is 0 Å². The molecule has 0 fully saturated rings. The van der Waals surface area contributed by atoms with Gasteiger partial charge in [-0.25, -0.2) is 8.78 Å². The van der Waals surface area contributed by atoms with Gasteiger partial charge in [-0.3, -0.25) is 10.1 Å².